The highest BCUT2D eigenvalue weighted by Crippen LogP contribution is 2.33. The molecule has 0 saturated carbocycles. The fraction of sp³-hybridized carbons (Fsp3) is 0.120. The average Bonchev–Trinajstić information content (AvgIpc) is 2.83. The Morgan fingerprint density at radius 3 is 2.30 bits per heavy atom. The summed E-state index contributed by atoms with van der Waals surface area (Å²) in [6.45, 7) is 0.447. The molecule has 0 aliphatic carbocycles. The van der Waals surface area contributed by atoms with Crippen molar-refractivity contribution in [1.82, 2.24) is 9.97 Å². The van der Waals surface area contributed by atoms with Crippen LogP contribution in [0.15, 0.2) is 85.1 Å². The number of methoxy groups -OCH3 is 2. The van der Waals surface area contributed by atoms with Gasteiger partial charge in [0.1, 0.15) is 12.4 Å². The van der Waals surface area contributed by atoms with E-state index in [1.807, 2.05) is 78.9 Å². The van der Waals surface area contributed by atoms with Crippen molar-refractivity contribution in [2.24, 2.45) is 0 Å². The van der Waals surface area contributed by atoms with E-state index in [2.05, 4.69) is 4.98 Å². The van der Waals surface area contributed by atoms with Crippen LogP contribution in [0, 0.1) is 0 Å². The lowest BCUT2D eigenvalue weighted by Gasteiger charge is -2.13. The molecule has 0 fully saturated rings. The van der Waals surface area contributed by atoms with Crippen molar-refractivity contribution in [2.45, 2.75) is 6.61 Å². The molecule has 0 aliphatic heterocycles. The van der Waals surface area contributed by atoms with E-state index in [4.69, 9.17) is 19.2 Å². The first kappa shape index (κ1) is 19.5. The van der Waals surface area contributed by atoms with Gasteiger partial charge in [-0.15, -0.1) is 0 Å². The van der Waals surface area contributed by atoms with Crippen LogP contribution < -0.4 is 14.2 Å². The molecule has 0 unspecified atom stereocenters. The summed E-state index contributed by atoms with van der Waals surface area (Å²) in [5.74, 6) is 2.68. The number of benzene rings is 3. The number of aromatic nitrogens is 2. The van der Waals surface area contributed by atoms with Gasteiger partial charge in [0, 0.05) is 17.3 Å². The first-order valence-electron chi connectivity index (χ1n) is 9.60. The molecule has 5 heteroatoms. The van der Waals surface area contributed by atoms with Crippen LogP contribution in [0.3, 0.4) is 0 Å². The summed E-state index contributed by atoms with van der Waals surface area (Å²) in [6.07, 6.45) is 1.75. The van der Waals surface area contributed by atoms with Crippen LogP contribution in [0.1, 0.15) is 5.56 Å². The Balaban J connectivity index is 1.65. The zero-order valence-corrected chi connectivity index (χ0v) is 16.9. The molecule has 0 spiro atoms. The van der Waals surface area contributed by atoms with Crippen LogP contribution in [0.2, 0.25) is 0 Å². The maximum Gasteiger partial charge on any atom is 0.162 e. The van der Waals surface area contributed by atoms with E-state index in [1.165, 1.54) is 0 Å². The molecule has 0 N–H and O–H groups in total. The SMILES string of the molecule is COc1ccc(-c2nccc(-c3ccccc3OC)n2)cc1OCc1ccccc1. The maximum absolute atomic E-state index is 6.03. The first-order chi connectivity index (χ1) is 14.8. The Morgan fingerprint density at radius 1 is 0.733 bits per heavy atom. The van der Waals surface area contributed by atoms with Gasteiger partial charge >= 0.3 is 0 Å². The van der Waals surface area contributed by atoms with Crippen LogP contribution in [0.25, 0.3) is 22.6 Å². The predicted octanol–water partition coefficient (Wildman–Crippen LogP) is 5.41. The van der Waals surface area contributed by atoms with Gasteiger partial charge in [0.25, 0.3) is 0 Å². The highest BCUT2D eigenvalue weighted by molar-refractivity contribution is 5.69. The molecule has 3 aromatic carbocycles. The zero-order chi connectivity index (χ0) is 20.8. The highest BCUT2D eigenvalue weighted by atomic mass is 16.5. The van der Waals surface area contributed by atoms with Gasteiger partial charge in [-0.1, -0.05) is 42.5 Å². The number of hydrogen-bond donors (Lipinski definition) is 0. The van der Waals surface area contributed by atoms with E-state index in [9.17, 15) is 0 Å². The minimum absolute atomic E-state index is 0.447. The molecule has 5 nitrogen and oxygen atoms in total. The molecule has 0 bridgehead atoms. The smallest absolute Gasteiger partial charge is 0.162 e. The molecule has 4 rings (SSSR count). The van der Waals surface area contributed by atoms with Crippen molar-refractivity contribution in [2.75, 3.05) is 14.2 Å². The van der Waals surface area contributed by atoms with Crippen LogP contribution in [0.4, 0.5) is 0 Å². The molecule has 4 aromatic rings. The van der Waals surface area contributed by atoms with Crippen LogP contribution in [-0.2, 0) is 6.61 Å². The van der Waals surface area contributed by atoms with Crippen molar-refractivity contribution >= 4 is 0 Å². The summed E-state index contributed by atoms with van der Waals surface area (Å²) < 4.78 is 17.0. The van der Waals surface area contributed by atoms with Crippen molar-refractivity contribution in [3.63, 3.8) is 0 Å². The summed E-state index contributed by atoms with van der Waals surface area (Å²) in [4.78, 5) is 9.21. The Hall–Kier alpha value is -3.86. The standard InChI is InChI=1S/C25H22N2O3/c1-28-22-11-7-6-10-20(22)21-14-15-26-25(27-21)19-12-13-23(29-2)24(16-19)30-17-18-8-4-3-5-9-18/h3-16H,17H2,1-2H3. The number of nitrogens with zero attached hydrogens (tertiary/aromatic N) is 2. The second kappa shape index (κ2) is 9.09. The first-order valence-corrected chi connectivity index (χ1v) is 9.60. The quantitative estimate of drug-likeness (QED) is 0.417. The van der Waals surface area contributed by atoms with E-state index in [-0.39, 0.29) is 0 Å². The lowest BCUT2D eigenvalue weighted by Crippen LogP contribution is -1.99. The van der Waals surface area contributed by atoms with Crippen molar-refractivity contribution < 1.29 is 14.2 Å². The Bertz CT molecular complexity index is 1130. The Kier molecular flexibility index (Phi) is 5.90. The molecular formula is C25H22N2O3. The van der Waals surface area contributed by atoms with Gasteiger partial charge in [-0.2, -0.15) is 0 Å². The summed E-state index contributed by atoms with van der Waals surface area (Å²) in [5, 5.41) is 0. The fourth-order valence-corrected chi connectivity index (χ4v) is 3.17. The van der Waals surface area contributed by atoms with Gasteiger partial charge in [-0.25, -0.2) is 9.97 Å². The molecule has 0 aliphatic rings. The lowest BCUT2D eigenvalue weighted by molar-refractivity contribution is 0.284. The fourth-order valence-electron chi connectivity index (χ4n) is 3.17. The number of ether oxygens (including phenoxy) is 3. The number of rotatable bonds is 7. The van der Waals surface area contributed by atoms with E-state index in [0.29, 0.717) is 23.9 Å². The topological polar surface area (TPSA) is 53.5 Å². The predicted molar refractivity (Wildman–Crippen MR) is 117 cm³/mol. The van der Waals surface area contributed by atoms with Gasteiger partial charge in [-0.05, 0) is 42.0 Å². The summed E-state index contributed by atoms with van der Waals surface area (Å²) in [7, 11) is 3.28. The maximum atomic E-state index is 6.03. The van der Waals surface area contributed by atoms with Crippen molar-refractivity contribution in [3.8, 4) is 39.9 Å². The van der Waals surface area contributed by atoms with Gasteiger partial charge in [0.05, 0.1) is 19.9 Å². The largest absolute Gasteiger partial charge is 0.496 e. The average molecular weight is 398 g/mol. The van der Waals surface area contributed by atoms with Gasteiger partial charge in [-0.3, -0.25) is 0 Å². The minimum atomic E-state index is 0.447. The van der Waals surface area contributed by atoms with E-state index >= 15 is 0 Å². The van der Waals surface area contributed by atoms with Crippen LogP contribution >= 0.6 is 0 Å². The molecule has 0 radical (unpaired) electrons. The molecule has 0 amide bonds. The summed E-state index contributed by atoms with van der Waals surface area (Å²) >= 11 is 0. The third kappa shape index (κ3) is 4.25. The molecular weight excluding hydrogens is 376 g/mol. The van der Waals surface area contributed by atoms with Crippen LogP contribution in [-0.4, -0.2) is 24.2 Å². The highest BCUT2D eigenvalue weighted by Gasteiger charge is 2.12. The van der Waals surface area contributed by atoms with Gasteiger partial charge in [0.15, 0.2) is 17.3 Å². The summed E-state index contributed by atoms with van der Waals surface area (Å²) in [5.41, 5.74) is 3.63. The third-order valence-electron chi connectivity index (χ3n) is 4.70. The Morgan fingerprint density at radius 2 is 1.50 bits per heavy atom. The number of hydrogen-bond acceptors (Lipinski definition) is 5. The molecule has 0 atom stereocenters. The van der Waals surface area contributed by atoms with Crippen molar-refractivity contribution in [3.05, 3.63) is 90.6 Å². The zero-order valence-electron chi connectivity index (χ0n) is 16.9. The van der Waals surface area contributed by atoms with Crippen molar-refractivity contribution in [1.29, 1.82) is 0 Å². The molecule has 1 heterocycles. The third-order valence-corrected chi connectivity index (χ3v) is 4.70. The second-order valence-electron chi connectivity index (χ2n) is 6.61. The normalized spacial score (nSPS) is 10.5. The molecule has 30 heavy (non-hydrogen) atoms. The van der Waals surface area contributed by atoms with Crippen LogP contribution in [0.5, 0.6) is 17.2 Å². The van der Waals surface area contributed by atoms with Gasteiger partial charge < -0.3 is 14.2 Å². The van der Waals surface area contributed by atoms with E-state index < -0.39 is 0 Å². The molecule has 1 aromatic heterocycles. The van der Waals surface area contributed by atoms with E-state index in [0.717, 1.165) is 28.1 Å². The minimum Gasteiger partial charge on any atom is -0.496 e. The number of para-hydroxylation sites is 1. The molecule has 150 valence electrons. The van der Waals surface area contributed by atoms with Gasteiger partial charge in [0.2, 0.25) is 0 Å². The Labute approximate surface area is 175 Å². The van der Waals surface area contributed by atoms with E-state index in [1.54, 1.807) is 20.4 Å². The molecule has 0 saturated heterocycles. The summed E-state index contributed by atoms with van der Waals surface area (Å²) in [6, 6.07) is 25.4. The second-order valence-corrected chi connectivity index (χ2v) is 6.61. The lowest BCUT2D eigenvalue weighted by atomic mass is 10.1. The monoisotopic (exact) mass is 398 g/mol.